The summed E-state index contributed by atoms with van der Waals surface area (Å²) in [5, 5.41) is 11.3. The van der Waals surface area contributed by atoms with E-state index in [1.165, 1.54) is 0 Å². The number of hydrogen-bond acceptors (Lipinski definition) is 5. The lowest BCUT2D eigenvalue weighted by molar-refractivity contribution is -0.136. The lowest BCUT2D eigenvalue weighted by Crippen LogP contribution is -2.52. The molecule has 0 saturated carbocycles. The topological polar surface area (TPSA) is 61.4 Å². The van der Waals surface area contributed by atoms with Crippen molar-refractivity contribution < 1.29 is 4.79 Å². The minimum absolute atomic E-state index is 0.173. The third kappa shape index (κ3) is 2.90. The molecule has 1 aromatic rings. The maximum atomic E-state index is 12.4. The Balaban J connectivity index is 1.54. The molecule has 2 fully saturated rings. The van der Waals surface area contributed by atoms with Crippen LogP contribution in [0.15, 0.2) is 18.3 Å². The van der Waals surface area contributed by atoms with Gasteiger partial charge < -0.3 is 15.1 Å². The number of carbonyl (C=O) groups is 1. The second-order valence-electron chi connectivity index (χ2n) is 5.44. The van der Waals surface area contributed by atoms with Crippen molar-refractivity contribution in [3.8, 4) is 0 Å². The monoisotopic (exact) mass is 275 g/mol. The van der Waals surface area contributed by atoms with Crippen LogP contribution in [0.4, 0.5) is 5.82 Å². The van der Waals surface area contributed by atoms with Crippen molar-refractivity contribution in [3.63, 3.8) is 0 Å². The Morgan fingerprint density at radius 2 is 2.15 bits per heavy atom. The zero-order valence-electron chi connectivity index (χ0n) is 11.7. The molecule has 0 radical (unpaired) electrons. The molecule has 0 bridgehead atoms. The molecule has 2 aliphatic rings. The average Bonchev–Trinajstić information content (AvgIpc) is 2.56. The van der Waals surface area contributed by atoms with Crippen LogP contribution >= 0.6 is 0 Å². The van der Waals surface area contributed by atoms with Gasteiger partial charge in [-0.05, 0) is 31.5 Å². The van der Waals surface area contributed by atoms with E-state index in [4.69, 9.17) is 0 Å². The summed E-state index contributed by atoms with van der Waals surface area (Å²) in [6.07, 6.45) is 3.81. The number of rotatable bonds is 2. The quantitative estimate of drug-likeness (QED) is 0.831. The molecule has 3 heterocycles. The van der Waals surface area contributed by atoms with Crippen molar-refractivity contribution in [1.29, 1.82) is 0 Å². The Labute approximate surface area is 119 Å². The molecule has 1 aromatic heterocycles. The smallest absolute Gasteiger partial charge is 0.227 e. The first-order chi connectivity index (χ1) is 9.84. The summed E-state index contributed by atoms with van der Waals surface area (Å²) in [6, 6.07) is 3.86. The van der Waals surface area contributed by atoms with E-state index in [0.717, 1.165) is 57.9 Å². The van der Waals surface area contributed by atoms with Gasteiger partial charge in [-0.2, -0.15) is 5.10 Å². The molecule has 6 heteroatoms. The molecule has 0 aliphatic carbocycles. The van der Waals surface area contributed by atoms with Crippen LogP contribution < -0.4 is 10.2 Å². The second kappa shape index (κ2) is 6.17. The molecule has 1 atom stereocenters. The van der Waals surface area contributed by atoms with E-state index in [1.54, 1.807) is 6.20 Å². The maximum Gasteiger partial charge on any atom is 0.227 e. The predicted molar refractivity (Wildman–Crippen MR) is 76.4 cm³/mol. The Bertz CT molecular complexity index is 438. The number of nitrogens with zero attached hydrogens (tertiary/aromatic N) is 4. The number of piperidine rings is 1. The SMILES string of the molecule is O=C(C1CCCNC1)N1CCN(c2cccnn2)CC1. The largest absolute Gasteiger partial charge is 0.352 e. The van der Waals surface area contributed by atoms with Gasteiger partial charge in [0.05, 0.1) is 5.92 Å². The molecule has 2 aliphatic heterocycles. The van der Waals surface area contributed by atoms with Gasteiger partial charge in [0.2, 0.25) is 5.91 Å². The van der Waals surface area contributed by atoms with Crippen molar-refractivity contribution in [2.24, 2.45) is 5.92 Å². The lowest BCUT2D eigenvalue weighted by atomic mass is 9.98. The molecule has 3 rings (SSSR count). The Morgan fingerprint density at radius 3 is 2.80 bits per heavy atom. The fourth-order valence-electron chi connectivity index (χ4n) is 2.94. The van der Waals surface area contributed by atoms with Crippen molar-refractivity contribution in [2.75, 3.05) is 44.2 Å². The van der Waals surface area contributed by atoms with Gasteiger partial charge in [0.25, 0.3) is 0 Å². The first kappa shape index (κ1) is 13.3. The molecule has 1 unspecified atom stereocenters. The lowest BCUT2D eigenvalue weighted by Gasteiger charge is -2.37. The minimum atomic E-state index is 0.173. The third-order valence-electron chi connectivity index (χ3n) is 4.12. The summed E-state index contributed by atoms with van der Waals surface area (Å²) >= 11 is 0. The molecule has 0 spiro atoms. The van der Waals surface area contributed by atoms with Gasteiger partial charge in [-0.1, -0.05) is 0 Å². The minimum Gasteiger partial charge on any atom is -0.352 e. The summed E-state index contributed by atoms with van der Waals surface area (Å²) in [4.78, 5) is 16.6. The molecule has 108 valence electrons. The van der Waals surface area contributed by atoms with Crippen LogP contribution in [-0.4, -0.2) is 60.3 Å². The standard InChI is InChI=1S/C14H21N5O/c20-14(12-3-1-5-15-11-12)19-9-7-18(8-10-19)13-4-2-6-16-17-13/h2,4,6,12,15H,1,3,5,7-11H2. The number of hydrogen-bond donors (Lipinski definition) is 1. The highest BCUT2D eigenvalue weighted by atomic mass is 16.2. The van der Waals surface area contributed by atoms with E-state index in [-0.39, 0.29) is 5.92 Å². The first-order valence-corrected chi connectivity index (χ1v) is 7.37. The molecular formula is C14H21N5O. The van der Waals surface area contributed by atoms with Crippen LogP contribution in [0.5, 0.6) is 0 Å². The van der Waals surface area contributed by atoms with Gasteiger partial charge in [0, 0.05) is 38.9 Å². The van der Waals surface area contributed by atoms with Crippen molar-refractivity contribution in [2.45, 2.75) is 12.8 Å². The second-order valence-corrected chi connectivity index (χ2v) is 5.44. The van der Waals surface area contributed by atoms with Gasteiger partial charge in [-0.3, -0.25) is 4.79 Å². The first-order valence-electron chi connectivity index (χ1n) is 7.37. The highest BCUT2D eigenvalue weighted by Crippen LogP contribution is 2.17. The highest BCUT2D eigenvalue weighted by molar-refractivity contribution is 5.79. The molecule has 1 N–H and O–H groups in total. The molecule has 0 aromatic carbocycles. The number of piperazine rings is 1. The van der Waals surface area contributed by atoms with Gasteiger partial charge >= 0.3 is 0 Å². The number of amides is 1. The summed E-state index contributed by atoms with van der Waals surface area (Å²) in [5.74, 6) is 1.39. The van der Waals surface area contributed by atoms with Crippen molar-refractivity contribution in [3.05, 3.63) is 18.3 Å². The molecule has 2 saturated heterocycles. The van der Waals surface area contributed by atoms with Crippen molar-refractivity contribution >= 4 is 11.7 Å². The number of nitrogens with one attached hydrogen (secondary N) is 1. The van der Waals surface area contributed by atoms with Crippen LogP contribution in [0.1, 0.15) is 12.8 Å². The van der Waals surface area contributed by atoms with Gasteiger partial charge in [0.1, 0.15) is 0 Å². The van der Waals surface area contributed by atoms with E-state index in [9.17, 15) is 4.79 Å². The van der Waals surface area contributed by atoms with Crippen LogP contribution in [-0.2, 0) is 4.79 Å². The molecule has 6 nitrogen and oxygen atoms in total. The number of carbonyl (C=O) groups excluding carboxylic acids is 1. The van der Waals surface area contributed by atoms with Crippen LogP contribution in [0.3, 0.4) is 0 Å². The van der Waals surface area contributed by atoms with Crippen LogP contribution in [0.2, 0.25) is 0 Å². The zero-order valence-corrected chi connectivity index (χ0v) is 11.7. The molecular weight excluding hydrogens is 254 g/mol. The van der Waals surface area contributed by atoms with E-state index in [1.807, 2.05) is 17.0 Å². The molecule has 1 amide bonds. The third-order valence-corrected chi connectivity index (χ3v) is 4.12. The van der Waals surface area contributed by atoms with Crippen LogP contribution in [0, 0.1) is 5.92 Å². The van der Waals surface area contributed by atoms with Gasteiger partial charge in [-0.25, -0.2) is 0 Å². The summed E-state index contributed by atoms with van der Waals surface area (Å²) in [5.41, 5.74) is 0. The number of anilines is 1. The molecule has 20 heavy (non-hydrogen) atoms. The van der Waals surface area contributed by atoms with E-state index in [2.05, 4.69) is 20.4 Å². The summed E-state index contributed by atoms with van der Waals surface area (Å²) < 4.78 is 0. The Kier molecular flexibility index (Phi) is 4.11. The summed E-state index contributed by atoms with van der Waals surface area (Å²) in [6.45, 7) is 5.13. The average molecular weight is 275 g/mol. The predicted octanol–water partition coefficient (Wildman–Crippen LogP) is 0.125. The highest BCUT2D eigenvalue weighted by Gasteiger charge is 2.28. The van der Waals surface area contributed by atoms with E-state index >= 15 is 0 Å². The van der Waals surface area contributed by atoms with E-state index in [0.29, 0.717) is 5.91 Å². The zero-order chi connectivity index (χ0) is 13.8. The van der Waals surface area contributed by atoms with Gasteiger partial charge in [-0.15, -0.1) is 5.10 Å². The normalized spacial score (nSPS) is 23.7. The maximum absolute atomic E-state index is 12.4. The van der Waals surface area contributed by atoms with Crippen molar-refractivity contribution in [1.82, 2.24) is 20.4 Å². The fourth-order valence-corrected chi connectivity index (χ4v) is 2.94. The van der Waals surface area contributed by atoms with Gasteiger partial charge in [0.15, 0.2) is 5.82 Å². The van der Waals surface area contributed by atoms with E-state index < -0.39 is 0 Å². The van der Waals surface area contributed by atoms with Crippen LogP contribution in [0.25, 0.3) is 0 Å². The fraction of sp³-hybridized carbons (Fsp3) is 0.643. The Morgan fingerprint density at radius 1 is 1.30 bits per heavy atom. The summed E-state index contributed by atoms with van der Waals surface area (Å²) in [7, 11) is 0. The Hall–Kier alpha value is -1.69. The number of aromatic nitrogens is 2.